The summed E-state index contributed by atoms with van der Waals surface area (Å²) >= 11 is 5.81. The second-order valence-corrected chi connectivity index (χ2v) is 4.07. The highest BCUT2D eigenvalue weighted by Gasteiger charge is 1.91. The van der Waals surface area contributed by atoms with Gasteiger partial charge in [-0.25, -0.2) is 0 Å². The van der Waals surface area contributed by atoms with E-state index < -0.39 is 0 Å². The first-order chi connectivity index (χ1) is 8.03. The van der Waals surface area contributed by atoms with Crippen LogP contribution in [0.5, 0.6) is 0 Å². The van der Waals surface area contributed by atoms with Gasteiger partial charge in [-0.15, -0.1) is 0 Å². The van der Waals surface area contributed by atoms with Crippen LogP contribution in [0.15, 0.2) is 18.2 Å². The van der Waals surface area contributed by atoms with Crippen LogP contribution >= 0.6 is 11.6 Å². The van der Waals surface area contributed by atoms with Gasteiger partial charge in [0.05, 0.1) is 0 Å². The monoisotopic (exact) mass is 258 g/mol. The average molecular weight is 259 g/mol. The van der Waals surface area contributed by atoms with E-state index in [1.165, 1.54) is 18.4 Å². The average Bonchev–Trinajstić information content (AvgIpc) is 2.29. The Hall–Kier alpha value is -0.490. The Balaban J connectivity index is -0.000000207. The number of rotatable bonds is 0. The van der Waals surface area contributed by atoms with Gasteiger partial charge in [-0.3, -0.25) is 0 Å². The van der Waals surface area contributed by atoms with Gasteiger partial charge in [0, 0.05) is 5.02 Å². The van der Waals surface area contributed by atoms with Gasteiger partial charge in [-0.05, 0) is 31.0 Å². The molecule has 0 spiro atoms. The van der Waals surface area contributed by atoms with Crippen molar-refractivity contribution in [3.63, 3.8) is 0 Å². The Bertz CT molecular complexity index is 239. The van der Waals surface area contributed by atoms with Crippen LogP contribution in [0.25, 0.3) is 0 Å². The standard InChI is InChI=1S/C8H9Cl.2C3H8.C2H6/c1-6-3-4-7(2)8(9)5-6;2*1-3-2;1-2/h3-5H,1-2H3;2*3H2,1-2H3;1-2H3. The summed E-state index contributed by atoms with van der Waals surface area (Å²) in [6.45, 7) is 16.5. The molecule has 0 amide bonds. The molecule has 0 saturated heterocycles. The van der Waals surface area contributed by atoms with E-state index in [9.17, 15) is 0 Å². The van der Waals surface area contributed by atoms with E-state index in [0.29, 0.717) is 0 Å². The summed E-state index contributed by atoms with van der Waals surface area (Å²) < 4.78 is 0. The normalized spacial score (nSPS) is 7.59. The zero-order chi connectivity index (χ0) is 14.3. The summed E-state index contributed by atoms with van der Waals surface area (Å²) in [6, 6.07) is 6.05. The van der Waals surface area contributed by atoms with Crippen molar-refractivity contribution in [3.8, 4) is 0 Å². The number of benzene rings is 1. The zero-order valence-corrected chi connectivity index (χ0v) is 13.8. The largest absolute Gasteiger partial charge is 0.0840 e. The number of hydrogen-bond acceptors (Lipinski definition) is 0. The van der Waals surface area contributed by atoms with Crippen molar-refractivity contribution in [2.45, 2.75) is 68.2 Å². The van der Waals surface area contributed by atoms with Crippen LogP contribution in [0, 0.1) is 13.8 Å². The lowest BCUT2D eigenvalue weighted by Gasteiger charge is -1.96. The molecule has 0 aliphatic carbocycles. The van der Waals surface area contributed by atoms with E-state index in [1.54, 1.807) is 0 Å². The zero-order valence-electron chi connectivity index (χ0n) is 13.0. The van der Waals surface area contributed by atoms with Crippen molar-refractivity contribution in [1.82, 2.24) is 0 Å². The van der Waals surface area contributed by atoms with Crippen molar-refractivity contribution in [2.75, 3.05) is 0 Å². The fourth-order valence-electron chi connectivity index (χ4n) is 0.698. The maximum absolute atomic E-state index is 5.81. The van der Waals surface area contributed by atoms with E-state index >= 15 is 0 Å². The van der Waals surface area contributed by atoms with E-state index in [-0.39, 0.29) is 0 Å². The molecule has 0 saturated carbocycles. The number of halogens is 1. The Labute approximate surface area is 114 Å². The molecule has 0 N–H and O–H groups in total. The second-order valence-electron chi connectivity index (χ2n) is 3.67. The first kappa shape index (κ1) is 21.8. The van der Waals surface area contributed by atoms with E-state index in [1.807, 2.05) is 39.8 Å². The molecule has 1 rings (SSSR count). The van der Waals surface area contributed by atoms with Crippen molar-refractivity contribution in [3.05, 3.63) is 34.3 Å². The molecule has 0 bridgehead atoms. The lowest BCUT2D eigenvalue weighted by Crippen LogP contribution is -1.75. The molecular weight excluding hydrogens is 228 g/mol. The summed E-state index contributed by atoms with van der Waals surface area (Å²) in [5.41, 5.74) is 2.35. The summed E-state index contributed by atoms with van der Waals surface area (Å²) in [6.07, 6.45) is 2.50. The molecule has 17 heavy (non-hydrogen) atoms. The Morgan fingerprint density at radius 1 is 0.882 bits per heavy atom. The summed E-state index contributed by atoms with van der Waals surface area (Å²) in [5, 5.41) is 0.856. The highest BCUT2D eigenvalue weighted by Crippen LogP contribution is 2.15. The smallest absolute Gasteiger partial charge is 0.0437 e. The quantitative estimate of drug-likeness (QED) is 0.479. The fourth-order valence-corrected chi connectivity index (χ4v) is 0.933. The summed E-state index contributed by atoms with van der Waals surface area (Å²) in [5.74, 6) is 0. The number of aryl methyl sites for hydroxylation is 2. The molecule has 0 heterocycles. The molecule has 0 aliphatic heterocycles. The van der Waals surface area contributed by atoms with Gasteiger partial charge in [0.15, 0.2) is 0 Å². The molecule has 1 aromatic rings. The van der Waals surface area contributed by atoms with Crippen molar-refractivity contribution >= 4 is 11.6 Å². The van der Waals surface area contributed by atoms with Gasteiger partial charge in [0.1, 0.15) is 0 Å². The Kier molecular flexibility index (Phi) is 22.9. The molecule has 0 nitrogen and oxygen atoms in total. The predicted octanol–water partition coefficient (Wildman–Crippen LogP) is 6.82. The molecule has 0 unspecified atom stereocenters. The van der Waals surface area contributed by atoms with Gasteiger partial charge in [0.2, 0.25) is 0 Å². The van der Waals surface area contributed by atoms with Crippen LogP contribution in [0.3, 0.4) is 0 Å². The van der Waals surface area contributed by atoms with Crippen LogP contribution in [0.2, 0.25) is 5.02 Å². The Morgan fingerprint density at radius 3 is 1.47 bits per heavy atom. The summed E-state index contributed by atoms with van der Waals surface area (Å²) in [4.78, 5) is 0. The van der Waals surface area contributed by atoms with Crippen LogP contribution in [0.4, 0.5) is 0 Å². The van der Waals surface area contributed by atoms with Crippen LogP contribution in [0.1, 0.15) is 65.5 Å². The highest BCUT2D eigenvalue weighted by atomic mass is 35.5. The maximum atomic E-state index is 5.81. The Morgan fingerprint density at radius 2 is 1.24 bits per heavy atom. The molecule has 0 fully saturated rings. The SMILES string of the molecule is CC.CCC.CCC.Cc1ccc(C)c(Cl)c1. The molecular formula is C16H31Cl. The minimum absolute atomic E-state index is 0.856. The van der Waals surface area contributed by atoms with E-state index in [2.05, 4.69) is 33.8 Å². The van der Waals surface area contributed by atoms with Crippen molar-refractivity contribution in [2.24, 2.45) is 0 Å². The lowest BCUT2D eigenvalue weighted by molar-refractivity contribution is 1.09. The summed E-state index contributed by atoms with van der Waals surface area (Å²) in [7, 11) is 0. The third-order valence-electron chi connectivity index (χ3n) is 1.33. The van der Waals surface area contributed by atoms with Crippen molar-refractivity contribution < 1.29 is 0 Å². The first-order valence-corrected chi connectivity index (χ1v) is 7.13. The number of hydrogen-bond donors (Lipinski definition) is 0. The predicted molar refractivity (Wildman–Crippen MR) is 84.2 cm³/mol. The third-order valence-corrected chi connectivity index (χ3v) is 1.73. The van der Waals surface area contributed by atoms with Gasteiger partial charge in [-0.1, -0.05) is 78.1 Å². The van der Waals surface area contributed by atoms with Gasteiger partial charge in [-0.2, -0.15) is 0 Å². The highest BCUT2D eigenvalue weighted by molar-refractivity contribution is 6.31. The second kappa shape index (κ2) is 17.9. The van der Waals surface area contributed by atoms with E-state index in [0.717, 1.165) is 10.6 Å². The van der Waals surface area contributed by atoms with Gasteiger partial charge < -0.3 is 0 Å². The molecule has 0 aliphatic rings. The topological polar surface area (TPSA) is 0 Å². The maximum Gasteiger partial charge on any atom is 0.0437 e. The van der Waals surface area contributed by atoms with Crippen LogP contribution in [-0.2, 0) is 0 Å². The fraction of sp³-hybridized carbons (Fsp3) is 0.625. The minimum atomic E-state index is 0.856. The molecule has 0 atom stereocenters. The lowest BCUT2D eigenvalue weighted by atomic mass is 10.2. The van der Waals surface area contributed by atoms with Gasteiger partial charge in [0.25, 0.3) is 0 Å². The van der Waals surface area contributed by atoms with Gasteiger partial charge >= 0.3 is 0 Å². The first-order valence-electron chi connectivity index (χ1n) is 6.76. The minimum Gasteiger partial charge on any atom is -0.0840 e. The third kappa shape index (κ3) is 18.1. The molecule has 1 heteroatoms. The van der Waals surface area contributed by atoms with Crippen LogP contribution in [-0.4, -0.2) is 0 Å². The van der Waals surface area contributed by atoms with E-state index in [4.69, 9.17) is 11.6 Å². The molecule has 0 aromatic heterocycles. The molecule has 102 valence electrons. The molecule has 0 radical (unpaired) electrons. The molecule has 1 aromatic carbocycles. The van der Waals surface area contributed by atoms with Crippen LogP contribution < -0.4 is 0 Å². The van der Waals surface area contributed by atoms with Crippen molar-refractivity contribution in [1.29, 1.82) is 0 Å².